The minimum atomic E-state index is 0.104. The molecule has 1 aliphatic carbocycles. The van der Waals surface area contributed by atoms with Gasteiger partial charge in [0.2, 0.25) is 5.91 Å². The fourth-order valence-corrected chi connectivity index (χ4v) is 2.16. The lowest BCUT2D eigenvalue weighted by Gasteiger charge is -2.20. The molecule has 2 rings (SSSR count). The molecule has 1 aromatic carbocycles. The second-order valence-electron chi connectivity index (χ2n) is 5.11. The second-order valence-corrected chi connectivity index (χ2v) is 5.11. The highest BCUT2D eigenvalue weighted by atomic mass is 16.2. The third-order valence-electron chi connectivity index (χ3n) is 3.39. The van der Waals surface area contributed by atoms with Crippen LogP contribution in [-0.2, 0) is 11.3 Å². The van der Waals surface area contributed by atoms with Gasteiger partial charge in [-0.25, -0.2) is 0 Å². The summed E-state index contributed by atoms with van der Waals surface area (Å²) in [5.41, 5.74) is 6.67. The molecular formula is C15H23N3O. The largest absolute Gasteiger partial charge is 0.351 e. The molecule has 19 heavy (non-hydrogen) atoms. The first-order chi connectivity index (χ1) is 9.29. The van der Waals surface area contributed by atoms with Crippen molar-refractivity contribution in [2.24, 2.45) is 5.73 Å². The molecule has 0 aromatic heterocycles. The van der Waals surface area contributed by atoms with Crippen LogP contribution in [-0.4, -0.2) is 36.5 Å². The highest BCUT2D eigenvalue weighted by Crippen LogP contribution is 2.26. The van der Waals surface area contributed by atoms with Crippen molar-refractivity contribution in [1.29, 1.82) is 0 Å². The van der Waals surface area contributed by atoms with E-state index in [-0.39, 0.29) is 5.91 Å². The Hall–Kier alpha value is -1.39. The minimum absolute atomic E-state index is 0.104. The average Bonchev–Trinajstić information content (AvgIpc) is 3.27. The van der Waals surface area contributed by atoms with E-state index in [1.807, 2.05) is 30.3 Å². The first kappa shape index (κ1) is 14.0. The van der Waals surface area contributed by atoms with Gasteiger partial charge in [0, 0.05) is 19.1 Å². The maximum atomic E-state index is 11.9. The number of benzene rings is 1. The number of hydrogen-bond acceptors (Lipinski definition) is 3. The van der Waals surface area contributed by atoms with E-state index in [1.165, 1.54) is 12.8 Å². The molecule has 0 aliphatic heterocycles. The number of rotatable bonds is 8. The summed E-state index contributed by atoms with van der Waals surface area (Å²) in [6, 6.07) is 10.6. The predicted molar refractivity (Wildman–Crippen MR) is 76.6 cm³/mol. The van der Waals surface area contributed by atoms with Crippen LogP contribution in [0, 0.1) is 0 Å². The maximum Gasteiger partial charge on any atom is 0.234 e. The van der Waals surface area contributed by atoms with Gasteiger partial charge in [0.1, 0.15) is 0 Å². The second kappa shape index (κ2) is 7.26. The highest BCUT2D eigenvalue weighted by molar-refractivity contribution is 5.78. The number of nitrogens with zero attached hydrogens (tertiary/aromatic N) is 1. The quantitative estimate of drug-likeness (QED) is 0.737. The fourth-order valence-electron chi connectivity index (χ4n) is 2.16. The summed E-state index contributed by atoms with van der Waals surface area (Å²) in [6.45, 7) is 2.72. The molecule has 1 aromatic rings. The summed E-state index contributed by atoms with van der Waals surface area (Å²) in [7, 11) is 0. The molecule has 0 saturated heterocycles. The Balaban J connectivity index is 1.73. The lowest BCUT2D eigenvalue weighted by atomic mass is 10.2. The van der Waals surface area contributed by atoms with Gasteiger partial charge in [0.15, 0.2) is 0 Å². The molecule has 0 bridgehead atoms. The molecule has 0 atom stereocenters. The zero-order valence-corrected chi connectivity index (χ0v) is 11.3. The fraction of sp³-hybridized carbons (Fsp3) is 0.533. The van der Waals surface area contributed by atoms with Crippen molar-refractivity contribution in [1.82, 2.24) is 10.2 Å². The standard InChI is InChI=1S/C15H23N3O/c16-9-4-10-18(14-7-8-14)12-15(19)17-11-13-5-2-1-3-6-13/h1-3,5-6,14H,4,7-12,16H2,(H,17,19). The van der Waals surface area contributed by atoms with Crippen LogP contribution in [0.2, 0.25) is 0 Å². The zero-order valence-electron chi connectivity index (χ0n) is 11.3. The number of amides is 1. The van der Waals surface area contributed by atoms with Crippen LogP contribution in [0.1, 0.15) is 24.8 Å². The van der Waals surface area contributed by atoms with Gasteiger partial charge in [-0.2, -0.15) is 0 Å². The average molecular weight is 261 g/mol. The number of nitrogens with two attached hydrogens (primary N) is 1. The Morgan fingerprint density at radius 1 is 1.32 bits per heavy atom. The van der Waals surface area contributed by atoms with E-state index >= 15 is 0 Å². The molecule has 4 nitrogen and oxygen atoms in total. The molecular weight excluding hydrogens is 238 g/mol. The minimum Gasteiger partial charge on any atom is -0.351 e. The monoisotopic (exact) mass is 261 g/mol. The predicted octanol–water partition coefficient (Wildman–Crippen LogP) is 1.12. The van der Waals surface area contributed by atoms with Gasteiger partial charge in [0.05, 0.1) is 6.54 Å². The molecule has 4 heteroatoms. The van der Waals surface area contributed by atoms with Crippen molar-refractivity contribution in [2.75, 3.05) is 19.6 Å². The van der Waals surface area contributed by atoms with Gasteiger partial charge in [0.25, 0.3) is 0 Å². The molecule has 0 unspecified atom stereocenters. The van der Waals surface area contributed by atoms with Crippen LogP contribution in [0.5, 0.6) is 0 Å². The SMILES string of the molecule is NCCCN(CC(=O)NCc1ccccc1)C1CC1. The summed E-state index contributed by atoms with van der Waals surface area (Å²) in [6.07, 6.45) is 3.40. The van der Waals surface area contributed by atoms with E-state index in [4.69, 9.17) is 5.73 Å². The molecule has 1 saturated carbocycles. The van der Waals surface area contributed by atoms with Crippen LogP contribution >= 0.6 is 0 Å². The maximum absolute atomic E-state index is 11.9. The lowest BCUT2D eigenvalue weighted by Crippen LogP contribution is -2.39. The van der Waals surface area contributed by atoms with Crippen LogP contribution in [0.15, 0.2) is 30.3 Å². The molecule has 104 valence electrons. The van der Waals surface area contributed by atoms with Gasteiger partial charge >= 0.3 is 0 Å². The smallest absolute Gasteiger partial charge is 0.234 e. The van der Waals surface area contributed by atoms with Crippen molar-refractivity contribution in [2.45, 2.75) is 31.8 Å². The number of hydrogen-bond donors (Lipinski definition) is 2. The van der Waals surface area contributed by atoms with Gasteiger partial charge in [-0.05, 0) is 31.4 Å². The third kappa shape index (κ3) is 5.01. The van der Waals surface area contributed by atoms with Gasteiger partial charge in [-0.1, -0.05) is 30.3 Å². The molecule has 1 aliphatic rings. The highest BCUT2D eigenvalue weighted by Gasteiger charge is 2.29. The lowest BCUT2D eigenvalue weighted by molar-refractivity contribution is -0.122. The Morgan fingerprint density at radius 3 is 2.68 bits per heavy atom. The van der Waals surface area contributed by atoms with Gasteiger partial charge in [-0.15, -0.1) is 0 Å². The van der Waals surface area contributed by atoms with E-state index in [1.54, 1.807) is 0 Å². The topological polar surface area (TPSA) is 58.4 Å². The molecule has 1 fully saturated rings. The summed E-state index contributed by atoms with van der Waals surface area (Å²) >= 11 is 0. The van der Waals surface area contributed by atoms with Crippen molar-refractivity contribution in [3.63, 3.8) is 0 Å². The number of carbonyl (C=O) groups is 1. The van der Waals surface area contributed by atoms with Crippen molar-refractivity contribution < 1.29 is 4.79 Å². The van der Waals surface area contributed by atoms with E-state index in [9.17, 15) is 4.79 Å². The van der Waals surface area contributed by atoms with Crippen molar-refractivity contribution >= 4 is 5.91 Å². The Labute approximate surface area is 115 Å². The van der Waals surface area contributed by atoms with Gasteiger partial charge < -0.3 is 11.1 Å². The van der Waals surface area contributed by atoms with Crippen molar-refractivity contribution in [3.05, 3.63) is 35.9 Å². The van der Waals surface area contributed by atoms with Crippen LogP contribution in [0.25, 0.3) is 0 Å². The third-order valence-corrected chi connectivity index (χ3v) is 3.39. The number of nitrogens with one attached hydrogen (secondary N) is 1. The first-order valence-electron chi connectivity index (χ1n) is 7.04. The number of carbonyl (C=O) groups excluding carboxylic acids is 1. The molecule has 3 N–H and O–H groups in total. The van der Waals surface area contributed by atoms with E-state index in [0.29, 0.717) is 25.7 Å². The zero-order chi connectivity index (χ0) is 13.5. The van der Waals surface area contributed by atoms with Crippen molar-refractivity contribution in [3.8, 4) is 0 Å². The van der Waals surface area contributed by atoms with E-state index in [0.717, 1.165) is 18.5 Å². The summed E-state index contributed by atoms with van der Waals surface area (Å²) < 4.78 is 0. The van der Waals surface area contributed by atoms with E-state index in [2.05, 4.69) is 10.2 Å². The Kier molecular flexibility index (Phi) is 5.36. The van der Waals surface area contributed by atoms with Crippen LogP contribution in [0.4, 0.5) is 0 Å². The summed E-state index contributed by atoms with van der Waals surface area (Å²) in [4.78, 5) is 14.2. The van der Waals surface area contributed by atoms with Crippen LogP contribution in [0.3, 0.4) is 0 Å². The van der Waals surface area contributed by atoms with E-state index < -0.39 is 0 Å². The Morgan fingerprint density at radius 2 is 2.05 bits per heavy atom. The molecule has 0 radical (unpaired) electrons. The summed E-state index contributed by atoms with van der Waals surface area (Å²) in [5.74, 6) is 0.104. The molecule has 0 spiro atoms. The Bertz CT molecular complexity index is 390. The summed E-state index contributed by atoms with van der Waals surface area (Å²) in [5, 5.41) is 2.98. The van der Waals surface area contributed by atoms with Crippen LogP contribution < -0.4 is 11.1 Å². The molecule has 0 heterocycles. The normalized spacial score (nSPS) is 14.6. The molecule has 1 amide bonds. The van der Waals surface area contributed by atoms with Gasteiger partial charge in [-0.3, -0.25) is 9.69 Å². The first-order valence-corrected chi connectivity index (χ1v) is 7.04.